The molecule has 0 amide bonds. The molecule has 1 aromatic carbocycles. The highest BCUT2D eigenvalue weighted by atomic mass is 79.9. The molecule has 4 heteroatoms. The van der Waals surface area contributed by atoms with Crippen LogP contribution in [0.1, 0.15) is 12.5 Å². The van der Waals surface area contributed by atoms with Gasteiger partial charge in [0, 0.05) is 23.1 Å². The summed E-state index contributed by atoms with van der Waals surface area (Å²) in [6.45, 7) is 4.75. The van der Waals surface area contributed by atoms with Crippen molar-refractivity contribution in [2.45, 2.75) is 13.5 Å². The van der Waals surface area contributed by atoms with E-state index in [9.17, 15) is 4.39 Å². The number of halogens is 2. The Kier molecular flexibility index (Phi) is 6.09. The highest BCUT2D eigenvalue weighted by Crippen LogP contribution is 2.17. The van der Waals surface area contributed by atoms with Crippen LogP contribution in [0.4, 0.5) is 4.39 Å². The first-order valence-electron chi connectivity index (χ1n) is 5.80. The third-order valence-corrected chi connectivity index (χ3v) is 3.12. The van der Waals surface area contributed by atoms with Crippen molar-refractivity contribution in [3.05, 3.63) is 34.1 Å². The molecule has 96 valence electrons. The summed E-state index contributed by atoms with van der Waals surface area (Å²) >= 11 is 3.37. The van der Waals surface area contributed by atoms with Crippen LogP contribution in [0.15, 0.2) is 22.7 Å². The number of rotatable bonds is 6. The predicted octanol–water partition coefficient (Wildman–Crippen LogP) is 2.88. The second-order valence-electron chi connectivity index (χ2n) is 4.60. The molecule has 0 aliphatic rings. The molecule has 2 nitrogen and oxygen atoms in total. The predicted molar refractivity (Wildman–Crippen MR) is 73.5 cm³/mol. The van der Waals surface area contributed by atoms with Crippen LogP contribution in [-0.4, -0.2) is 32.1 Å². The van der Waals surface area contributed by atoms with Crippen LogP contribution >= 0.6 is 15.9 Å². The molecule has 0 fully saturated rings. The highest BCUT2D eigenvalue weighted by Gasteiger charge is 2.09. The van der Waals surface area contributed by atoms with E-state index >= 15 is 0 Å². The molecular weight excluding hydrogens is 283 g/mol. The topological polar surface area (TPSA) is 15.3 Å². The van der Waals surface area contributed by atoms with Crippen LogP contribution in [-0.2, 0) is 6.54 Å². The Bertz CT molecular complexity index is 357. The average molecular weight is 303 g/mol. The molecule has 0 heterocycles. The average Bonchev–Trinajstić information content (AvgIpc) is 2.23. The van der Waals surface area contributed by atoms with E-state index in [1.54, 1.807) is 6.07 Å². The molecule has 1 atom stereocenters. The molecule has 0 aliphatic heterocycles. The lowest BCUT2D eigenvalue weighted by Gasteiger charge is -2.21. The maximum absolute atomic E-state index is 13.6. The van der Waals surface area contributed by atoms with Gasteiger partial charge in [-0.05, 0) is 44.8 Å². The van der Waals surface area contributed by atoms with Crippen LogP contribution in [0.2, 0.25) is 0 Å². The second kappa shape index (κ2) is 7.09. The molecule has 1 N–H and O–H groups in total. The van der Waals surface area contributed by atoms with Crippen LogP contribution in [0.25, 0.3) is 0 Å². The first kappa shape index (κ1) is 14.6. The Labute approximate surface area is 111 Å². The smallest absolute Gasteiger partial charge is 0.127 e. The van der Waals surface area contributed by atoms with Gasteiger partial charge in [-0.3, -0.25) is 0 Å². The van der Waals surface area contributed by atoms with E-state index in [0.29, 0.717) is 12.5 Å². The van der Waals surface area contributed by atoms with Crippen LogP contribution in [0.3, 0.4) is 0 Å². The monoisotopic (exact) mass is 302 g/mol. The summed E-state index contributed by atoms with van der Waals surface area (Å²) in [5, 5.41) is 3.15. The van der Waals surface area contributed by atoms with E-state index in [0.717, 1.165) is 23.1 Å². The van der Waals surface area contributed by atoms with Gasteiger partial charge in [0.25, 0.3) is 0 Å². The lowest BCUT2D eigenvalue weighted by molar-refractivity contribution is 0.273. The summed E-state index contributed by atoms with van der Waals surface area (Å²) in [6, 6.07) is 5.07. The molecule has 1 rings (SSSR count). The fourth-order valence-electron chi connectivity index (χ4n) is 1.96. The van der Waals surface area contributed by atoms with Gasteiger partial charge in [-0.15, -0.1) is 0 Å². The summed E-state index contributed by atoms with van der Waals surface area (Å²) in [5.41, 5.74) is 0.735. The Hall–Kier alpha value is -0.450. The van der Waals surface area contributed by atoms with Crippen molar-refractivity contribution in [3.8, 4) is 0 Å². The van der Waals surface area contributed by atoms with Gasteiger partial charge in [0.2, 0.25) is 0 Å². The second-order valence-corrected chi connectivity index (χ2v) is 5.51. The fraction of sp³-hybridized carbons (Fsp3) is 0.538. The third-order valence-electron chi connectivity index (χ3n) is 2.62. The first-order chi connectivity index (χ1) is 8.02. The van der Waals surface area contributed by atoms with Gasteiger partial charge < -0.3 is 10.2 Å². The van der Waals surface area contributed by atoms with Crippen LogP contribution < -0.4 is 5.32 Å². The van der Waals surface area contributed by atoms with E-state index in [1.807, 2.05) is 20.2 Å². The number of nitrogens with one attached hydrogen (secondary N) is 1. The van der Waals surface area contributed by atoms with Gasteiger partial charge in [0.1, 0.15) is 5.82 Å². The van der Waals surface area contributed by atoms with Crippen molar-refractivity contribution in [3.63, 3.8) is 0 Å². The van der Waals surface area contributed by atoms with Crippen molar-refractivity contribution in [2.24, 2.45) is 5.92 Å². The summed E-state index contributed by atoms with van der Waals surface area (Å²) in [5.74, 6) is 0.418. The zero-order valence-electron chi connectivity index (χ0n) is 10.6. The van der Waals surface area contributed by atoms with E-state index in [2.05, 4.69) is 33.1 Å². The summed E-state index contributed by atoms with van der Waals surface area (Å²) < 4.78 is 14.5. The normalized spacial score (nSPS) is 13.1. The molecule has 0 aliphatic carbocycles. The number of hydrogen-bond acceptors (Lipinski definition) is 2. The minimum Gasteiger partial charge on any atom is -0.319 e. The lowest BCUT2D eigenvalue weighted by Crippen LogP contribution is -2.29. The van der Waals surface area contributed by atoms with E-state index in [4.69, 9.17) is 0 Å². The maximum Gasteiger partial charge on any atom is 0.127 e. The molecule has 0 radical (unpaired) electrons. The van der Waals surface area contributed by atoms with Crippen molar-refractivity contribution < 1.29 is 4.39 Å². The Morgan fingerprint density at radius 1 is 1.47 bits per heavy atom. The van der Waals surface area contributed by atoms with E-state index < -0.39 is 0 Å². The molecule has 0 saturated heterocycles. The molecule has 0 spiro atoms. The Morgan fingerprint density at radius 3 is 2.82 bits per heavy atom. The number of benzene rings is 1. The minimum atomic E-state index is -0.138. The standard InChI is InChI=1S/C13H20BrFN2/c1-10(7-16-2)8-17(3)9-11-6-12(14)4-5-13(11)15/h4-6,10,16H,7-9H2,1-3H3. The van der Waals surface area contributed by atoms with Crippen LogP contribution in [0, 0.1) is 11.7 Å². The zero-order chi connectivity index (χ0) is 12.8. The number of hydrogen-bond donors (Lipinski definition) is 1. The van der Waals surface area contributed by atoms with Gasteiger partial charge in [-0.2, -0.15) is 0 Å². The van der Waals surface area contributed by atoms with Gasteiger partial charge in [-0.25, -0.2) is 4.39 Å². The molecule has 1 unspecified atom stereocenters. The Balaban J connectivity index is 2.55. The molecule has 0 aromatic heterocycles. The van der Waals surface area contributed by atoms with Crippen molar-refractivity contribution in [1.82, 2.24) is 10.2 Å². The maximum atomic E-state index is 13.6. The first-order valence-corrected chi connectivity index (χ1v) is 6.59. The lowest BCUT2D eigenvalue weighted by atomic mass is 10.1. The Morgan fingerprint density at radius 2 is 2.18 bits per heavy atom. The number of nitrogens with zero attached hydrogens (tertiary/aromatic N) is 1. The highest BCUT2D eigenvalue weighted by molar-refractivity contribution is 9.10. The van der Waals surface area contributed by atoms with Gasteiger partial charge >= 0.3 is 0 Å². The van der Waals surface area contributed by atoms with Crippen molar-refractivity contribution in [2.75, 3.05) is 27.2 Å². The fourth-order valence-corrected chi connectivity index (χ4v) is 2.37. The van der Waals surface area contributed by atoms with Gasteiger partial charge in [-0.1, -0.05) is 22.9 Å². The van der Waals surface area contributed by atoms with Gasteiger partial charge in [0.15, 0.2) is 0 Å². The van der Waals surface area contributed by atoms with E-state index in [1.165, 1.54) is 6.07 Å². The molecule has 17 heavy (non-hydrogen) atoms. The third kappa shape index (κ3) is 5.15. The van der Waals surface area contributed by atoms with Crippen molar-refractivity contribution >= 4 is 15.9 Å². The van der Waals surface area contributed by atoms with Gasteiger partial charge in [0.05, 0.1) is 0 Å². The molecule has 1 aromatic rings. The zero-order valence-corrected chi connectivity index (χ0v) is 12.2. The SMILES string of the molecule is CNCC(C)CN(C)Cc1cc(Br)ccc1F. The van der Waals surface area contributed by atoms with Crippen LogP contribution in [0.5, 0.6) is 0 Å². The molecular formula is C13H20BrFN2. The quantitative estimate of drug-likeness (QED) is 0.869. The summed E-state index contributed by atoms with van der Waals surface area (Å²) in [4.78, 5) is 2.15. The molecule has 0 bridgehead atoms. The summed E-state index contributed by atoms with van der Waals surface area (Å²) in [6.07, 6.45) is 0. The van der Waals surface area contributed by atoms with Crippen molar-refractivity contribution in [1.29, 1.82) is 0 Å². The van der Waals surface area contributed by atoms with E-state index in [-0.39, 0.29) is 5.82 Å². The largest absolute Gasteiger partial charge is 0.319 e. The summed E-state index contributed by atoms with van der Waals surface area (Å²) in [7, 11) is 3.97. The minimum absolute atomic E-state index is 0.138. The molecule has 0 saturated carbocycles.